The van der Waals surface area contributed by atoms with Crippen molar-refractivity contribution in [2.75, 3.05) is 21.0 Å². The maximum atomic E-state index is 11.5. The Hall–Kier alpha value is -1.43. The van der Waals surface area contributed by atoms with Crippen molar-refractivity contribution >= 4 is 21.9 Å². The van der Waals surface area contributed by atoms with Gasteiger partial charge in [0.2, 0.25) is 12.5 Å². The molecular weight excluding hydrogens is 280 g/mol. The number of methoxy groups -OCH3 is 2. The lowest BCUT2D eigenvalue weighted by Gasteiger charge is -2.09. The fourth-order valence-electron chi connectivity index (χ4n) is 1.47. The zero-order valence-electron chi connectivity index (χ0n) is 8.70. The minimum Gasteiger partial charge on any atom is -0.492 e. The highest BCUT2D eigenvalue weighted by Gasteiger charge is 2.28. The Morgan fingerprint density at radius 2 is 2.06 bits per heavy atom. The molecule has 0 saturated carbocycles. The van der Waals surface area contributed by atoms with E-state index in [1.54, 1.807) is 6.07 Å². The second kappa shape index (κ2) is 4.21. The lowest BCUT2D eigenvalue weighted by molar-refractivity contribution is 0.0596. The maximum absolute atomic E-state index is 11.5. The first-order chi connectivity index (χ1) is 7.69. The van der Waals surface area contributed by atoms with Crippen LogP contribution in [0, 0.1) is 0 Å². The molecule has 0 atom stereocenters. The van der Waals surface area contributed by atoms with Crippen LogP contribution in [0.4, 0.5) is 0 Å². The van der Waals surface area contributed by atoms with Gasteiger partial charge in [-0.2, -0.15) is 0 Å². The van der Waals surface area contributed by atoms with Crippen LogP contribution in [0.2, 0.25) is 0 Å². The average molecular weight is 289 g/mol. The molecule has 0 N–H and O–H groups in total. The third kappa shape index (κ3) is 1.59. The van der Waals surface area contributed by atoms with Gasteiger partial charge in [-0.15, -0.1) is 0 Å². The molecule has 0 aliphatic carbocycles. The van der Waals surface area contributed by atoms with E-state index >= 15 is 0 Å². The van der Waals surface area contributed by atoms with Crippen molar-refractivity contribution in [1.29, 1.82) is 0 Å². The largest absolute Gasteiger partial charge is 0.492 e. The molecule has 86 valence electrons. The Morgan fingerprint density at radius 1 is 1.38 bits per heavy atom. The number of carbonyl (C=O) groups is 1. The molecule has 0 spiro atoms. The van der Waals surface area contributed by atoms with Crippen molar-refractivity contribution in [3.05, 3.63) is 16.1 Å². The second-order valence-electron chi connectivity index (χ2n) is 3.00. The number of ether oxygens (including phenoxy) is 4. The summed E-state index contributed by atoms with van der Waals surface area (Å²) in [4.78, 5) is 11.5. The number of rotatable bonds is 2. The Morgan fingerprint density at radius 3 is 2.69 bits per heavy atom. The minimum absolute atomic E-state index is 0.0616. The molecule has 6 heteroatoms. The zero-order valence-corrected chi connectivity index (χ0v) is 10.3. The second-order valence-corrected chi connectivity index (χ2v) is 3.85. The van der Waals surface area contributed by atoms with Gasteiger partial charge >= 0.3 is 5.97 Å². The Kier molecular flexibility index (Phi) is 2.91. The summed E-state index contributed by atoms with van der Waals surface area (Å²) in [5.41, 5.74) is 0.308. The van der Waals surface area contributed by atoms with Gasteiger partial charge in [0.25, 0.3) is 0 Å². The minimum atomic E-state index is -0.481. The molecule has 0 fully saturated rings. The number of fused-ring (bicyclic) bond motifs is 1. The molecule has 0 bridgehead atoms. The zero-order chi connectivity index (χ0) is 11.7. The summed E-state index contributed by atoms with van der Waals surface area (Å²) in [6.07, 6.45) is 0. The fourth-order valence-corrected chi connectivity index (χ4v) is 2.04. The van der Waals surface area contributed by atoms with Gasteiger partial charge in [0.05, 0.1) is 18.7 Å². The van der Waals surface area contributed by atoms with Crippen LogP contribution in [0.15, 0.2) is 10.5 Å². The summed E-state index contributed by atoms with van der Waals surface area (Å²) >= 11 is 3.29. The van der Waals surface area contributed by atoms with Gasteiger partial charge in [-0.25, -0.2) is 4.79 Å². The SMILES string of the molecule is COC(=O)c1cc(Br)c(OC)c2c1OCO2. The van der Waals surface area contributed by atoms with Crippen LogP contribution in [-0.4, -0.2) is 27.0 Å². The van der Waals surface area contributed by atoms with E-state index in [1.807, 2.05) is 0 Å². The monoisotopic (exact) mass is 288 g/mol. The molecule has 1 aliphatic heterocycles. The van der Waals surface area contributed by atoms with Crippen LogP contribution >= 0.6 is 15.9 Å². The highest BCUT2D eigenvalue weighted by Crippen LogP contribution is 2.47. The van der Waals surface area contributed by atoms with Crippen LogP contribution in [0.3, 0.4) is 0 Å². The van der Waals surface area contributed by atoms with E-state index in [1.165, 1.54) is 14.2 Å². The van der Waals surface area contributed by atoms with Crippen LogP contribution < -0.4 is 14.2 Å². The number of benzene rings is 1. The van der Waals surface area contributed by atoms with Crippen LogP contribution in [0.25, 0.3) is 0 Å². The summed E-state index contributed by atoms with van der Waals surface area (Å²) < 4.78 is 20.9. The van der Waals surface area contributed by atoms with Gasteiger partial charge in [-0.3, -0.25) is 0 Å². The maximum Gasteiger partial charge on any atom is 0.341 e. The van der Waals surface area contributed by atoms with E-state index in [0.29, 0.717) is 27.3 Å². The highest BCUT2D eigenvalue weighted by molar-refractivity contribution is 9.10. The van der Waals surface area contributed by atoms with Gasteiger partial charge in [0.15, 0.2) is 11.5 Å². The molecule has 1 heterocycles. The molecule has 0 amide bonds. The number of hydrogen-bond donors (Lipinski definition) is 0. The number of esters is 1. The summed E-state index contributed by atoms with van der Waals surface area (Å²) in [7, 11) is 2.82. The first-order valence-corrected chi connectivity index (χ1v) is 5.22. The van der Waals surface area contributed by atoms with Crippen molar-refractivity contribution in [3.63, 3.8) is 0 Å². The smallest absolute Gasteiger partial charge is 0.341 e. The predicted octanol–water partition coefficient (Wildman–Crippen LogP) is 1.97. The Balaban J connectivity index is 2.61. The molecule has 0 saturated heterocycles. The molecule has 0 unspecified atom stereocenters. The standard InChI is InChI=1S/C10H9BrO5/c1-13-8-6(11)3-5(10(12)14-2)7-9(8)16-4-15-7/h3H,4H2,1-2H3. The summed E-state index contributed by atoms with van der Waals surface area (Å²) in [6, 6.07) is 1.58. The van der Waals surface area contributed by atoms with Crippen molar-refractivity contribution in [1.82, 2.24) is 0 Å². The van der Waals surface area contributed by atoms with Gasteiger partial charge in [0.1, 0.15) is 5.56 Å². The van der Waals surface area contributed by atoms with Gasteiger partial charge in [-0.1, -0.05) is 0 Å². The summed E-state index contributed by atoms with van der Waals surface area (Å²) in [5, 5.41) is 0. The van der Waals surface area contributed by atoms with Crippen LogP contribution in [-0.2, 0) is 4.74 Å². The Labute approximate surface area is 100 Å². The molecule has 0 radical (unpaired) electrons. The number of carbonyl (C=O) groups excluding carboxylic acids is 1. The van der Waals surface area contributed by atoms with Crippen molar-refractivity contribution in [2.24, 2.45) is 0 Å². The first-order valence-electron chi connectivity index (χ1n) is 4.43. The van der Waals surface area contributed by atoms with Crippen LogP contribution in [0.5, 0.6) is 17.2 Å². The quantitative estimate of drug-likeness (QED) is 0.779. The van der Waals surface area contributed by atoms with E-state index in [-0.39, 0.29) is 6.79 Å². The Bertz CT molecular complexity index is 443. The molecule has 0 aromatic heterocycles. The molecule has 1 aromatic carbocycles. The summed E-state index contributed by atoms with van der Waals surface area (Å²) in [5.74, 6) is 0.787. The fraction of sp³-hybridized carbons (Fsp3) is 0.300. The summed E-state index contributed by atoms with van der Waals surface area (Å²) in [6.45, 7) is 0.0616. The molecule has 1 aromatic rings. The van der Waals surface area contributed by atoms with Crippen molar-refractivity contribution in [3.8, 4) is 17.2 Å². The average Bonchev–Trinajstić information content (AvgIpc) is 2.75. The molecular formula is C10H9BrO5. The van der Waals surface area contributed by atoms with Gasteiger partial charge in [-0.05, 0) is 22.0 Å². The van der Waals surface area contributed by atoms with E-state index in [2.05, 4.69) is 20.7 Å². The molecule has 16 heavy (non-hydrogen) atoms. The third-order valence-electron chi connectivity index (χ3n) is 2.16. The van der Waals surface area contributed by atoms with E-state index in [4.69, 9.17) is 14.2 Å². The molecule has 2 rings (SSSR count). The predicted molar refractivity (Wildman–Crippen MR) is 58.2 cm³/mol. The van der Waals surface area contributed by atoms with E-state index < -0.39 is 5.97 Å². The molecule has 5 nitrogen and oxygen atoms in total. The van der Waals surface area contributed by atoms with Gasteiger partial charge in [0, 0.05) is 0 Å². The normalized spacial score (nSPS) is 12.4. The number of hydrogen-bond acceptors (Lipinski definition) is 5. The highest BCUT2D eigenvalue weighted by atomic mass is 79.9. The number of halogens is 1. The van der Waals surface area contributed by atoms with Crippen molar-refractivity contribution in [2.45, 2.75) is 0 Å². The molecule has 1 aliphatic rings. The van der Waals surface area contributed by atoms with Gasteiger partial charge < -0.3 is 18.9 Å². The lowest BCUT2D eigenvalue weighted by Crippen LogP contribution is -2.03. The van der Waals surface area contributed by atoms with E-state index in [0.717, 1.165) is 0 Å². The third-order valence-corrected chi connectivity index (χ3v) is 2.75. The van der Waals surface area contributed by atoms with Crippen LogP contribution in [0.1, 0.15) is 10.4 Å². The lowest BCUT2D eigenvalue weighted by atomic mass is 10.1. The topological polar surface area (TPSA) is 54.0 Å². The van der Waals surface area contributed by atoms with E-state index in [9.17, 15) is 4.79 Å². The first kappa shape index (κ1) is 11.1. The van der Waals surface area contributed by atoms with Crippen molar-refractivity contribution < 1.29 is 23.7 Å².